The third-order valence-corrected chi connectivity index (χ3v) is 9.49. The molecule has 3 aromatic rings. The molecule has 6 rings (SSSR count). The maximum atomic E-state index is 15.2. The standard InChI is InChI=1S/C30H33FN4O3S/c1-30(2)17-23(36)26-25(27(30)32)24(29(39-26)35-11-13-38-14-12-35)18-7-8-33-22(16-18)20-15-19(5-6-21(20)31)28(37)34-9-3-4-10-34/h5-8,15-16,27H,3-4,9-14,17,32H2,1-2H3. The number of likely N-dealkylation sites (tertiary alicyclic amines) is 1. The van der Waals surface area contributed by atoms with Gasteiger partial charge in [-0.25, -0.2) is 4.39 Å². The van der Waals surface area contributed by atoms with E-state index < -0.39 is 11.2 Å². The van der Waals surface area contributed by atoms with Crippen LogP contribution in [0.4, 0.5) is 9.39 Å². The van der Waals surface area contributed by atoms with Crippen LogP contribution >= 0.6 is 11.3 Å². The molecule has 1 aliphatic carbocycles. The number of amides is 1. The molecule has 0 spiro atoms. The Morgan fingerprint density at radius 2 is 1.87 bits per heavy atom. The van der Waals surface area contributed by atoms with Crippen LogP contribution in [-0.4, -0.2) is 61.0 Å². The van der Waals surface area contributed by atoms with Gasteiger partial charge in [0.2, 0.25) is 0 Å². The highest BCUT2D eigenvalue weighted by atomic mass is 32.1. The number of carbonyl (C=O) groups excluding carboxylic acids is 2. The Labute approximate surface area is 231 Å². The van der Waals surface area contributed by atoms with E-state index in [0.29, 0.717) is 48.9 Å². The van der Waals surface area contributed by atoms with E-state index in [-0.39, 0.29) is 23.3 Å². The van der Waals surface area contributed by atoms with E-state index >= 15 is 4.39 Å². The molecule has 9 heteroatoms. The number of fused-ring (bicyclic) bond motifs is 1. The van der Waals surface area contributed by atoms with Crippen molar-refractivity contribution in [3.05, 3.63) is 58.3 Å². The number of benzene rings is 1. The Hall–Kier alpha value is -3.14. The summed E-state index contributed by atoms with van der Waals surface area (Å²) in [4.78, 5) is 35.6. The summed E-state index contributed by atoms with van der Waals surface area (Å²) in [5.74, 6) is -0.416. The first-order chi connectivity index (χ1) is 18.7. The van der Waals surface area contributed by atoms with E-state index in [1.54, 1.807) is 18.3 Å². The largest absolute Gasteiger partial charge is 0.378 e. The summed E-state index contributed by atoms with van der Waals surface area (Å²) >= 11 is 1.50. The number of nitrogens with zero attached hydrogens (tertiary/aromatic N) is 3. The van der Waals surface area contributed by atoms with Gasteiger partial charge in [0.05, 0.1) is 23.8 Å². The number of nitrogens with two attached hydrogens (primary N) is 1. The molecule has 1 amide bonds. The molecule has 1 aromatic carbocycles. The summed E-state index contributed by atoms with van der Waals surface area (Å²) in [5, 5.41) is 0.986. The average molecular weight is 549 g/mol. The fourth-order valence-electron chi connectivity index (χ4n) is 5.89. The summed E-state index contributed by atoms with van der Waals surface area (Å²) in [7, 11) is 0. The van der Waals surface area contributed by atoms with Gasteiger partial charge in [0.1, 0.15) is 10.8 Å². The molecular formula is C30H33FN4O3S. The monoisotopic (exact) mass is 548 g/mol. The zero-order valence-corrected chi connectivity index (χ0v) is 23.2. The summed E-state index contributed by atoms with van der Waals surface area (Å²) in [6.45, 7) is 8.16. The fourth-order valence-corrected chi connectivity index (χ4v) is 7.25. The number of pyridine rings is 1. The smallest absolute Gasteiger partial charge is 0.253 e. The predicted molar refractivity (Wildman–Crippen MR) is 151 cm³/mol. The van der Waals surface area contributed by atoms with Gasteiger partial charge in [-0.3, -0.25) is 14.6 Å². The normalized spacial score (nSPS) is 20.8. The van der Waals surface area contributed by atoms with Crippen LogP contribution in [0.25, 0.3) is 22.4 Å². The van der Waals surface area contributed by atoms with Crippen LogP contribution in [0.15, 0.2) is 36.5 Å². The summed E-state index contributed by atoms with van der Waals surface area (Å²) < 4.78 is 20.8. The Morgan fingerprint density at radius 1 is 1.13 bits per heavy atom. The molecule has 204 valence electrons. The van der Waals surface area contributed by atoms with Gasteiger partial charge in [0, 0.05) is 67.1 Å². The molecular weight excluding hydrogens is 515 g/mol. The maximum Gasteiger partial charge on any atom is 0.253 e. The average Bonchev–Trinajstić information content (AvgIpc) is 3.61. The summed E-state index contributed by atoms with van der Waals surface area (Å²) in [6, 6.07) is 7.91. The highest BCUT2D eigenvalue weighted by Crippen LogP contribution is 2.53. The number of aromatic nitrogens is 1. The van der Waals surface area contributed by atoms with Crippen LogP contribution in [0.2, 0.25) is 0 Å². The van der Waals surface area contributed by atoms with Crippen molar-refractivity contribution < 1.29 is 18.7 Å². The molecule has 0 bridgehead atoms. The second-order valence-electron chi connectivity index (χ2n) is 11.3. The number of ether oxygens (including phenoxy) is 1. The number of thiophene rings is 1. The lowest BCUT2D eigenvalue weighted by atomic mass is 9.71. The second kappa shape index (κ2) is 10.1. The number of Topliss-reactive ketones (excluding diaryl/α,β-unsaturated/α-hetero) is 1. The molecule has 3 aliphatic rings. The van der Waals surface area contributed by atoms with Crippen LogP contribution in [0, 0.1) is 11.2 Å². The van der Waals surface area contributed by atoms with Gasteiger partial charge in [-0.1, -0.05) is 13.8 Å². The first-order valence-corrected chi connectivity index (χ1v) is 14.4. The number of hydrogen-bond donors (Lipinski definition) is 1. The van der Waals surface area contributed by atoms with E-state index in [2.05, 4.69) is 9.88 Å². The molecule has 0 saturated carbocycles. The van der Waals surface area contributed by atoms with Crippen LogP contribution in [0.3, 0.4) is 0 Å². The van der Waals surface area contributed by atoms with Gasteiger partial charge in [-0.2, -0.15) is 0 Å². The minimum Gasteiger partial charge on any atom is -0.378 e. The number of hydrogen-bond acceptors (Lipinski definition) is 7. The quantitative estimate of drug-likeness (QED) is 0.476. The number of ketones is 1. The maximum absolute atomic E-state index is 15.2. The molecule has 7 nitrogen and oxygen atoms in total. The SMILES string of the molecule is CC1(C)CC(=O)c2sc(N3CCOCC3)c(-c3ccnc(-c4cc(C(=O)N5CCCC5)ccc4F)c3)c2C1N. The van der Waals surface area contributed by atoms with Crippen LogP contribution in [-0.2, 0) is 4.74 Å². The molecule has 0 radical (unpaired) electrons. The van der Waals surface area contributed by atoms with Crippen LogP contribution < -0.4 is 10.6 Å². The Balaban J connectivity index is 1.47. The lowest BCUT2D eigenvalue weighted by Gasteiger charge is -2.36. The number of halogens is 1. The number of anilines is 1. The molecule has 1 atom stereocenters. The van der Waals surface area contributed by atoms with E-state index in [4.69, 9.17) is 10.5 Å². The fraction of sp³-hybridized carbons (Fsp3) is 0.433. The van der Waals surface area contributed by atoms with Crippen LogP contribution in [0.5, 0.6) is 0 Å². The third kappa shape index (κ3) is 4.66. The minimum absolute atomic E-state index is 0.0851. The third-order valence-electron chi connectivity index (χ3n) is 8.18. The molecule has 39 heavy (non-hydrogen) atoms. The predicted octanol–water partition coefficient (Wildman–Crippen LogP) is 5.30. The molecule has 2 fully saturated rings. The van der Waals surface area contributed by atoms with Gasteiger partial charge in [-0.05, 0) is 54.2 Å². The van der Waals surface area contributed by atoms with Crippen LogP contribution in [0.1, 0.15) is 64.7 Å². The van der Waals surface area contributed by atoms with Crippen molar-refractivity contribution in [3.8, 4) is 22.4 Å². The molecule has 1 unspecified atom stereocenters. The van der Waals surface area contributed by atoms with Crippen molar-refractivity contribution >= 4 is 28.0 Å². The van der Waals surface area contributed by atoms with Gasteiger partial charge in [0.15, 0.2) is 5.78 Å². The summed E-state index contributed by atoms with van der Waals surface area (Å²) in [6.07, 6.45) is 4.03. The van der Waals surface area contributed by atoms with Crippen molar-refractivity contribution in [1.29, 1.82) is 0 Å². The minimum atomic E-state index is -0.439. The molecule has 2 saturated heterocycles. The summed E-state index contributed by atoms with van der Waals surface area (Å²) in [5.41, 5.74) is 10.2. The number of rotatable bonds is 4. The molecule has 2 N–H and O–H groups in total. The van der Waals surface area contributed by atoms with Gasteiger partial charge in [0.25, 0.3) is 5.91 Å². The topological polar surface area (TPSA) is 88.8 Å². The van der Waals surface area contributed by atoms with E-state index in [9.17, 15) is 9.59 Å². The number of carbonyl (C=O) groups is 2. The van der Waals surface area contributed by atoms with E-state index in [1.807, 2.05) is 30.9 Å². The van der Waals surface area contributed by atoms with Crippen molar-refractivity contribution in [3.63, 3.8) is 0 Å². The molecule has 2 aliphatic heterocycles. The van der Waals surface area contributed by atoms with Crippen molar-refractivity contribution in [2.75, 3.05) is 44.3 Å². The highest BCUT2D eigenvalue weighted by molar-refractivity contribution is 7.19. The molecule has 4 heterocycles. The zero-order valence-electron chi connectivity index (χ0n) is 22.3. The van der Waals surface area contributed by atoms with E-state index in [0.717, 1.165) is 47.6 Å². The van der Waals surface area contributed by atoms with E-state index in [1.165, 1.54) is 17.4 Å². The van der Waals surface area contributed by atoms with Gasteiger partial charge in [-0.15, -0.1) is 11.3 Å². The lowest BCUT2D eigenvalue weighted by molar-refractivity contribution is 0.0792. The Bertz CT molecular complexity index is 1440. The van der Waals surface area contributed by atoms with Crippen molar-refractivity contribution in [2.45, 2.75) is 39.2 Å². The Morgan fingerprint density at radius 3 is 2.62 bits per heavy atom. The number of morpholine rings is 1. The first kappa shape index (κ1) is 26.1. The molecule has 2 aromatic heterocycles. The first-order valence-electron chi connectivity index (χ1n) is 13.6. The lowest BCUT2D eigenvalue weighted by Crippen LogP contribution is -2.37. The van der Waals surface area contributed by atoms with Crippen molar-refractivity contribution in [1.82, 2.24) is 9.88 Å². The Kier molecular flexibility index (Phi) is 6.77. The zero-order chi connectivity index (χ0) is 27.3. The second-order valence-corrected chi connectivity index (χ2v) is 12.3. The highest BCUT2D eigenvalue weighted by Gasteiger charge is 2.42. The van der Waals surface area contributed by atoms with Gasteiger partial charge >= 0.3 is 0 Å². The van der Waals surface area contributed by atoms with Gasteiger partial charge < -0.3 is 20.3 Å². The van der Waals surface area contributed by atoms with Crippen molar-refractivity contribution in [2.24, 2.45) is 11.1 Å².